The molecule has 1 aromatic carbocycles. The third kappa shape index (κ3) is 6.46. The predicted molar refractivity (Wildman–Crippen MR) is 88.9 cm³/mol. The molecule has 2 N–H and O–H groups in total. The molecule has 1 rings (SSSR count). The van der Waals surface area contributed by atoms with Crippen LogP contribution >= 0.6 is 0 Å². The summed E-state index contributed by atoms with van der Waals surface area (Å²) in [7, 11) is 1.71. The third-order valence-electron chi connectivity index (χ3n) is 3.38. The van der Waals surface area contributed by atoms with Crippen molar-refractivity contribution in [1.29, 1.82) is 0 Å². The van der Waals surface area contributed by atoms with Gasteiger partial charge in [-0.25, -0.2) is 0 Å². The summed E-state index contributed by atoms with van der Waals surface area (Å²) in [6, 6.07) is 6.49. The van der Waals surface area contributed by atoms with E-state index in [4.69, 9.17) is 4.74 Å². The minimum atomic E-state index is 0.149. The van der Waals surface area contributed by atoms with Crippen molar-refractivity contribution in [3.8, 4) is 0 Å². The molecule has 0 aliphatic carbocycles. The molecule has 0 heterocycles. The molecule has 0 aliphatic rings. The number of aliphatic hydroxyl groups excluding tert-OH is 1. The lowest BCUT2D eigenvalue weighted by Gasteiger charge is -2.27. The number of hydrogen-bond donors (Lipinski definition) is 2. The molecule has 0 atom stereocenters. The average molecular weight is 294 g/mol. The highest BCUT2D eigenvalue weighted by atomic mass is 16.5. The van der Waals surface area contributed by atoms with Gasteiger partial charge >= 0.3 is 0 Å². The number of hydrogen-bond acceptors (Lipinski definition) is 4. The van der Waals surface area contributed by atoms with Crippen molar-refractivity contribution >= 4 is 5.69 Å². The number of nitrogens with zero attached hydrogens (tertiary/aromatic N) is 1. The van der Waals surface area contributed by atoms with Gasteiger partial charge in [0.15, 0.2) is 0 Å². The van der Waals surface area contributed by atoms with E-state index in [9.17, 15) is 5.11 Å². The molecule has 0 amide bonds. The van der Waals surface area contributed by atoms with Gasteiger partial charge in [-0.15, -0.1) is 0 Å². The van der Waals surface area contributed by atoms with Crippen LogP contribution in [0.2, 0.25) is 0 Å². The smallest absolute Gasteiger partial charge is 0.0637 e. The fourth-order valence-electron chi connectivity index (χ4n) is 2.33. The van der Waals surface area contributed by atoms with Crippen LogP contribution in [0, 0.1) is 12.8 Å². The summed E-state index contributed by atoms with van der Waals surface area (Å²) >= 11 is 0. The molecular formula is C17H30N2O2. The number of aryl methyl sites for hydroxylation is 1. The molecule has 0 saturated carbocycles. The van der Waals surface area contributed by atoms with Gasteiger partial charge in [-0.05, 0) is 31.0 Å². The van der Waals surface area contributed by atoms with Crippen LogP contribution in [-0.4, -0.2) is 45.1 Å². The molecule has 0 unspecified atom stereocenters. The number of aliphatic hydroxyl groups is 1. The molecule has 0 fully saturated rings. The molecule has 1 aromatic rings. The van der Waals surface area contributed by atoms with E-state index in [1.165, 1.54) is 16.8 Å². The second-order valence-corrected chi connectivity index (χ2v) is 5.86. The average Bonchev–Trinajstić information content (AvgIpc) is 2.43. The first-order chi connectivity index (χ1) is 10.1. The molecule has 0 saturated heterocycles. The van der Waals surface area contributed by atoms with Crippen LogP contribution in [0.15, 0.2) is 18.2 Å². The van der Waals surface area contributed by atoms with Crippen molar-refractivity contribution < 1.29 is 9.84 Å². The molecule has 4 heteroatoms. The van der Waals surface area contributed by atoms with Gasteiger partial charge in [0, 0.05) is 32.4 Å². The van der Waals surface area contributed by atoms with E-state index in [-0.39, 0.29) is 6.61 Å². The number of nitrogens with one attached hydrogen (secondary N) is 1. The summed E-state index contributed by atoms with van der Waals surface area (Å²) in [6.45, 7) is 10.6. The summed E-state index contributed by atoms with van der Waals surface area (Å²) < 4.78 is 5.18. The Hall–Kier alpha value is -1.10. The predicted octanol–water partition coefficient (Wildman–Crippen LogP) is 2.19. The molecule has 21 heavy (non-hydrogen) atoms. The van der Waals surface area contributed by atoms with Crippen LogP contribution in [0.3, 0.4) is 0 Å². The standard InChI is InChI=1S/C17H30N2O2/c1-14(2)12-18-13-16-11-15(3)5-6-17(16)19(7-9-20)8-10-21-4/h5-6,11,14,18,20H,7-10,12-13H2,1-4H3. The lowest BCUT2D eigenvalue weighted by atomic mass is 10.1. The summed E-state index contributed by atoms with van der Waals surface area (Å²) in [5.41, 5.74) is 3.72. The summed E-state index contributed by atoms with van der Waals surface area (Å²) in [6.07, 6.45) is 0. The van der Waals surface area contributed by atoms with E-state index in [1.54, 1.807) is 7.11 Å². The van der Waals surface area contributed by atoms with Crippen LogP contribution < -0.4 is 10.2 Å². The Morgan fingerprint density at radius 3 is 2.67 bits per heavy atom. The van der Waals surface area contributed by atoms with E-state index >= 15 is 0 Å². The number of anilines is 1. The van der Waals surface area contributed by atoms with E-state index in [0.717, 1.165) is 19.6 Å². The van der Waals surface area contributed by atoms with E-state index in [0.29, 0.717) is 19.1 Å². The Kier molecular flexibility index (Phi) is 8.35. The Morgan fingerprint density at radius 2 is 2.05 bits per heavy atom. The molecule has 4 nitrogen and oxygen atoms in total. The topological polar surface area (TPSA) is 44.7 Å². The van der Waals surface area contributed by atoms with Crippen molar-refractivity contribution in [3.05, 3.63) is 29.3 Å². The zero-order chi connectivity index (χ0) is 15.7. The van der Waals surface area contributed by atoms with Crippen LogP contribution in [0.25, 0.3) is 0 Å². The van der Waals surface area contributed by atoms with Crippen LogP contribution in [0.4, 0.5) is 5.69 Å². The first-order valence-electron chi connectivity index (χ1n) is 7.73. The summed E-state index contributed by atoms with van der Waals surface area (Å²) in [4.78, 5) is 2.19. The van der Waals surface area contributed by atoms with E-state index in [1.807, 2.05) is 0 Å². The lowest BCUT2D eigenvalue weighted by Crippen LogP contribution is -2.31. The highest BCUT2D eigenvalue weighted by molar-refractivity contribution is 5.55. The molecule has 0 radical (unpaired) electrons. The second kappa shape index (κ2) is 9.77. The molecule has 0 aromatic heterocycles. The molecule has 0 aliphatic heterocycles. The largest absolute Gasteiger partial charge is 0.395 e. The van der Waals surface area contributed by atoms with Gasteiger partial charge in [-0.2, -0.15) is 0 Å². The Balaban J connectivity index is 2.85. The van der Waals surface area contributed by atoms with Crippen molar-refractivity contribution in [3.63, 3.8) is 0 Å². The Bertz CT molecular complexity index is 408. The number of rotatable bonds is 10. The highest BCUT2D eigenvalue weighted by Gasteiger charge is 2.11. The van der Waals surface area contributed by atoms with Gasteiger partial charge in [0.25, 0.3) is 0 Å². The van der Waals surface area contributed by atoms with E-state index in [2.05, 4.69) is 49.2 Å². The first-order valence-corrected chi connectivity index (χ1v) is 7.73. The van der Waals surface area contributed by atoms with Crippen LogP contribution in [0.1, 0.15) is 25.0 Å². The zero-order valence-corrected chi connectivity index (χ0v) is 13.9. The van der Waals surface area contributed by atoms with Crippen molar-refractivity contribution in [2.24, 2.45) is 5.92 Å². The summed E-state index contributed by atoms with van der Waals surface area (Å²) in [5, 5.41) is 12.8. The maximum absolute atomic E-state index is 9.29. The van der Waals surface area contributed by atoms with Crippen molar-refractivity contribution in [2.45, 2.75) is 27.3 Å². The lowest BCUT2D eigenvalue weighted by molar-refractivity contribution is 0.203. The third-order valence-corrected chi connectivity index (χ3v) is 3.38. The van der Waals surface area contributed by atoms with Gasteiger partial charge < -0.3 is 20.1 Å². The van der Waals surface area contributed by atoms with Crippen molar-refractivity contribution in [1.82, 2.24) is 5.32 Å². The van der Waals surface area contributed by atoms with Gasteiger partial charge in [0.05, 0.1) is 13.2 Å². The Labute approximate surface area is 129 Å². The number of benzene rings is 1. The highest BCUT2D eigenvalue weighted by Crippen LogP contribution is 2.22. The molecular weight excluding hydrogens is 264 g/mol. The van der Waals surface area contributed by atoms with Gasteiger partial charge in [0.1, 0.15) is 0 Å². The minimum absolute atomic E-state index is 0.149. The van der Waals surface area contributed by atoms with Crippen molar-refractivity contribution in [2.75, 3.05) is 44.9 Å². The number of methoxy groups -OCH3 is 1. The fourth-order valence-corrected chi connectivity index (χ4v) is 2.33. The molecule has 120 valence electrons. The van der Waals surface area contributed by atoms with Crippen LogP contribution in [-0.2, 0) is 11.3 Å². The normalized spacial score (nSPS) is 11.1. The second-order valence-electron chi connectivity index (χ2n) is 5.86. The van der Waals surface area contributed by atoms with Gasteiger partial charge in [0.2, 0.25) is 0 Å². The van der Waals surface area contributed by atoms with E-state index < -0.39 is 0 Å². The quantitative estimate of drug-likeness (QED) is 0.694. The minimum Gasteiger partial charge on any atom is -0.395 e. The monoisotopic (exact) mass is 294 g/mol. The number of ether oxygens (including phenoxy) is 1. The maximum Gasteiger partial charge on any atom is 0.0637 e. The van der Waals surface area contributed by atoms with Crippen LogP contribution in [0.5, 0.6) is 0 Å². The van der Waals surface area contributed by atoms with Gasteiger partial charge in [-0.3, -0.25) is 0 Å². The maximum atomic E-state index is 9.29. The Morgan fingerprint density at radius 1 is 1.29 bits per heavy atom. The first kappa shape index (κ1) is 18.0. The summed E-state index contributed by atoms with van der Waals surface area (Å²) in [5.74, 6) is 0.639. The molecule has 0 bridgehead atoms. The fraction of sp³-hybridized carbons (Fsp3) is 0.647. The SMILES string of the molecule is COCCN(CCO)c1ccc(C)cc1CNCC(C)C. The van der Waals surface area contributed by atoms with Gasteiger partial charge in [-0.1, -0.05) is 31.5 Å². The zero-order valence-electron chi connectivity index (χ0n) is 13.9. The molecule has 0 spiro atoms.